The summed E-state index contributed by atoms with van der Waals surface area (Å²) in [5, 5.41) is 0. The van der Waals surface area contributed by atoms with Crippen LogP contribution >= 0.6 is 0 Å². The average molecular weight is 389 g/mol. The van der Waals surface area contributed by atoms with Gasteiger partial charge in [-0.1, -0.05) is 17.7 Å². The first-order valence-electron chi connectivity index (χ1n) is 8.43. The van der Waals surface area contributed by atoms with Crippen LogP contribution in [0.5, 0.6) is 17.2 Å². The lowest BCUT2D eigenvalue weighted by Crippen LogP contribution is -2.28. The Hall–Kier alpha value is -2.67. The Balaban J connectivity index is 2.13. The van der Waals surface area contributed by atoms with E-state index in [-0.39, 0.29) is 11.4 Å². The summed E-state index contributed by atoms with van der Waals surface area (Å²) in [6, 6.07) is 6.79. The van der Waals surface area contributed by atoms with Crippen LogP contribution in [0.3, 0.4) is 0 Å². The number of hydrogen-bond acceptors (Lipinski definition) is 5. The van der Waals surface area contributed by atoms with Gasteiger partial charge in [-0.2, -0.15) is 0 Å². The van der Waals surface area contributed by atoms with Gasteiger partial charge in [0, 0.05) is 22.9 Å². The van der Waals surface area contributed by atoms with Gasteiger partial charge < -0.3 is 14.2 Å². The van der Waals surface area contributed by atoms with Crippen molar-refractivity contribution >= 4 is 16.1 Å². The Morgan fingerprint density at radius 2 is 1.48 bits per heavy atom. The largest absolute Gasteiger partial charge is 0.496 e. The number of rotatable bonds is 5. The number of ether oxygens (including phenoxy) is 3. The fourth-order valence-electron chi connectivity index (χ4n) is 3.31. The van der Waals surface area contributed by atoms with Gasteiger partial charge in [-0.25, -0.2) is 8.42 Å². The molecule has 0 amide bonds. The molecule has 0 bridgehead atoms. The van der Waals surface area contributed by atoms with Crippen LogP contribution in [-0.2, 0) is 16.6 Å². The third-order valence-electron chi connectivity index (χ3n) is 4.69. The van der Waals surface area contributed by atoms with Crippen molar-refractivity contribution in [2.24, 2.45) is 0 Å². The summed E-state index contributed by atoms with van der Waals surface area (Å²) < 4.78 is 44.0. The quantitative estimate of drug-likeness (QED) is 0.783. The molecular formula is C20H23NO5S. The van der Waals surface area contributed by atoms with Crippen molar-refractivity contribution in [1.82, 2.24) is 4.31 Å². The molecule has 3 rings (SSSR count). The van der Waals surface area contributed by atoms with E-state index in [1.807, 2.05) is 13.8 Å². The van der Waals surface area contributed by atoms with Gasteiger partial charge in [0.1, 0.15) is 5.75 Å². The average Bonchev–Trinajstić information content (AvgIpc) is 2.67. The molecule has 0 saturated carbocycles. The molecule has 2 aromatic rings. The van der Waals surface area contributed by atoms with Crippen molar-refractivity contribution in [2.45, 2.75) is 25.3 Å². The molecule has 27 heavy (non-hydrogen) atoms. The second-order valence-electron chi connectivity index (χ2n) is 6.30. The molecule has 1 aliphatic rings. The van der Waals surface area contributed by atoms with E-state index in [4.69, 9.17) is 14.2 Å². The van der Waals surface area contributed by atoms with E-state index in [1.54, 1.807) is 57.9 Å². The van der Waals surface area contributed by atoms with E-state index in [0.29, 0.717) is 22.8 Å². The van der Waals surface area contributed by atoms with Crippen LogP contribution in [-0.4, -0.2) is 34.1 Å². The van der Waals surface area contributed by atoms with E-state index in [2.05, 4.69) is 0 Å². The number of nitrogens with zero attached hydrogens (tertiary/aromatic N) is 1. The molecule has 2 aromatic carbocycles. The number of hydrogen-bond donors (Lipinski definition) is 0. The van der Waals surface area contributed by atoms with Gasteiger partial charge in [0.05, 0.1) is 32.8 Å². The first-order valence-corrected chi connectivity index (χ1v) is 9.87. The summed E-state index contributed by atoms with van der Waals surface area (Å²) in [4.78, 5) is 0.242. The molecule has 1 heterocycles. The Morgan fingerprint density at radius 3 is 2.04 bits per heavy atom. The zero-order valence-electron chi connectivity index (χ0n) is 16.1. The van der Waals surface area contributed by atoms with E-state index in [0.717, 1.165) is 16.7 Å². The molecule has 0 N–H and O–H groups in total. The van der Waals surface area contributed by atoms with Crippen molar-refractivity contribution < 1.29 is 22.6 Å². The van der Waals surface area contributed by atoms with Crippen molar-refractivity contribution in [1.29, 1.82) is 0 Å². The minimum Gasteiger partial charge on any atom is -0.496 e. The van der Waals surface area contributed by atoms with Crippen LogP contribution in [0.4, 0.5) is 0 Å². The highest BCUT2D eigenvalue weighted by Crippen LogP contribution is 2.46. The topological polar surface area (TPSA) is 65.1 Å². The van der Waals surface area contributed by atoms with Crippen LogP contribution in [0.15, 0.2) is 35.4 Å². The maximum absolute atomic E-state index is 13.1. The molecule has 144 valence electrons. The Morgan fingerprint density at radius 1 is 0.889 bits per heavy atom. The monoisotopic (exact) mass is 389 g/mol. The maximum Gasteiger partial charge on any atom is 0.264 e. The lowest BCUT2D eigenvalue weighted by molar-refractivity contribution is 0.338. The van der Waals surface area contributed by atoms with Crippen LogP contribution in [0, 0.1) is 13.8 Å². The smallest absolute Gasteiger partial charge is 0.264 e. The fraction of sp³-hybridized carbons (Fsp3) is 0.300. The van der Waals surface area contributed by atoms with Gasteiger partial charge in [0.2, 0.25) is 0 Å². The summed E-state index contributed by atoms with van der Waals surface area (Å²) in [5.41, 5.74) is 3.30. The molecule has 7 heteroatoms. The zero-order valence-corrected chi connectivity index (χ0v) is 16.9. The van der Waals surface area contributed by atoms with Crippen molar-refractivity contribution in [2.75, 3.05) is 21.3 Å². The maximum atomic E-state index is 13.1. The highest BCUT2D eigenvalue weighted by Gasteiger charge is 2.31. The summed E-state index contributed by atoms with van der Waals surface area (Å²) in [7, 11) is 0.989. The van der Waals surface area contributed by atoms with E-state index >= 15 is 0 Å². The summed E-state index contributed by atoms with van der Waals surface area (Å²) in [6.07, 6.45) is 3.30. The van der Waals surface area contributed by atoms with Gasteiger partial charge in [-0.3, -0.25) is 4.31 Å². The van der Waals surface area contributed by atoms with Gasteiger partial charge in [0.15, 0.2) is 11.5 Å². The molecule has 0 saturated heterocycles. The first kappa shape index (κ1) is 19.1. The normalized spacial score (nSPS) is 13.3. The molecule has 0 aliphatic carbocycles. The first-order chi connectivity index (χ1) is 12.8. The molecule has 0 atom stereocenters. The molecule has 0 fully saturated rings. The Labute approximate surface area is 160 Å². The molecule has 0 spiro atoms. The summed E-state index contributed by atoms with van der Waals surface area (Å²) >= 11 is 0. The molecule has 1 aliphatic heterocycles. The van der Waals surface area contributed by atoms with Gasteiger partial charge in [-0.05, 0) is 32.1 Å². The van der Waals surface area contributed by atoms with Crippen LogP contribution in [0.25, 0.3) is 6.08 Å². The van der Waals surface area contributed by atoms with Crippen LogP contribution < -0.4 is 14.2 Å². The molecule has 6 nitrogen and oxygen atoms in total. The van der Waals surface area contributed by atoms with Gasteiger partial charge in [-0.15, -0.1) is 0 Å². The van der Waals surface area contributed by atoms with Crippen molar-refractivity contribution in [3.05, 3.63) is 52.7 Å². The number of sulfonamides is 1. The third-order valence-corrected chi connectivity index (χ3v) is 6.43. The van der Waals surface area contributed by atoms with Crippen molar-refractivity contribution in [3.63, 3.8) is 0 Å². The van der Waals surface area contributed by atoms with E-state index in [9.17, 15) is 8.42 Å². The summed E-state index contributed by atoms with van der Waals surface area (Å²) in [5.74, 6) is 1.70. The van der Waals surface area contributed by atoms with Crippen LogP contribution in [0.1, 0.15) is 22.3 Å². The van der Waals surface area contributed by atoms with E-state index in [1.165, 1.54) is 4.31 Å². The van der Waals surface area contributed by atoms with Crippen LogP contribution in [0.2, 0.25) is 0 Å². The van der Waals surface area contributed by atoms with E-state index < -0.39 is 10.0 Å². The lowest BCUT2D eigenvalue weighted by atomic mass is 9.98. The van der Waals surface area contributed by atoms with Gasteiger partial charge >= 0.3 is 0 Å². The predicted octanol–water partition coefficient (Wildman–Crippen LogP) is 3.50. The second kappa shape index (κ2) is 7.15. The third kappa shape index (κ3) is 3.12. The SMILES string of the molecule is COc1c(C)c(OC)c(OC)c2c1C=CN(S(=O)(=O)c1ccc(C)cc1)C2. The molecular weight excluding hydrogens is 366 g/mol. The lowest BCUT2D eigenvalue weighted by Gasteiger charge is -2.29. The highest BCUT2D eigenvalue weighted by molar-refractivity contribution is 7.89. The minimum absolute atomic E-state index is 0.123. The van der Waals surface area contributed by atoms with Gasteiger partial charge in [0.25, 0.3) is 10.0 Å². The number of benzene rings is 2. The minimum atomic E-state index is -3.69. The molecule has 0 aromatic heterocycles. The number of methoxy groups -OCH3 is 3. The molecule has 0 radical (unpaired) electrons. The number of aryl methyl sites for hydroxylation is 1. The number of fused-ring (bicyclic) bond motifs is 1. The molecule has 0 unspecified atom stereocenters. The predicted molar refractivity (Wildman–Crippen MR) is 104 cm³/mol. The van der Waals surface area contributed by atoms with Crippen molar-refractivity contribution in [3.8, 4) is 17.2 Å². The highest BCUT2D eigenvalue weighted by atomic mass is 32.2. The second-order valence-corrected chi connectivity index (χ2v) is 8.19. The zero-order chi connectivity index (χ0) is 19.8. The standard InChI is InChI=1S/C20H23NO5S/c1-13-6-8-15(9-7-13)27(22,23)21-11-10-16-17(12-21)20(26-5)19(25-4)14(2)18(16)24-3/h6-11H,12H2,1-5H3. The fourth-order valence-corrected chi connectivity index (χ4v) is 4.58. The Kier molecular flexibility index (Phi) is 5.06. The summed E-state index contributed by atoms with van der Waals surface area (Å²) in [6.45, 7) is 3.92. The Bertz CT molecular complexity index is 994.